The Kier molecular flexibility index (Phi) is 5.02. The van der Waals surface area contributed by atoms with Gasteiger partial charge in [-0.15, -0.1) is 0 Å². The molecule has 0 unspecified atom stereocenters. The molecule has 1 fully saturated rings. The van der Waals surface area contributed by atoms with Gasteiger partial charge < -0.3 is 14.4 Å². The van der Waals surface area contributed by atoms with Crippen LogP contribution in [0.4, 0.5) is 5.69 Å². The fourth-order valence-electron chi connectivity index (χ4n) is 3.76. The van der Waals surface area contributed by atoms with Gasteiger partial charge in [0.1, 0.15) is 6.07 Å². The second-order valence-corrected chi connectivity index (χ2v) is 7.11. The van der Waals surface area contributed by atoms with Gasteiger partial charge in [0.05, 0.1) is 16.8 Å². The lowest BCUT2D eigenvalue weighted by Gasteiger charge is -2.34. The molecule has 1 saturated heterocycles. The van der Waals surface area contributed by atoms with E-state index >= 15 is 0 Å². The maximum atomic E-state index is 9.60. The van der Waals surface area contributed by atoms with Crippen LogP contribution in [-0.4, -0.2) is 31.4 Å². The molecule has 8 heteroatoms. The highest BCUT2D eigenvalue weighted by Crippen LogP contribution is 2.40. The molecule has 0 radical (unpaired) electrons. The number of piperidine rings is 1. The number of nitrogens with one attached hydrogen (secondary N) is 1. The van der Waals surface area contributed by atoms with Crippen LogP contribution in [0.1, 0.15) is 24.8 Å². The number of pyridine rings is 1. The van der Waals surface area contributed by atoms with Crippen molar-refractivity contribution in [3.8, 4) is 17.6 Å². The summed E-state index contributed by atoms with van der Waals surface area (Å²) in [6.45, 7) is 3.02. The van der Waals surface area contributed by atoms with E-state index in [0.717, 1.165) is 61.2 Å². The Bertz CT molecular complexity index is 846. The molecule has 4 rings (SSSR count). The van der Waals surface area contributed by atoms with Crippen molar-refractivity contribution in [2.24, 2.45) is 11.1 Å². The molecule has 1 aromatic carbocycles. The first-order valence-electron chi connectivity index (χ1n) is 8.76. The summed E-state index contributed by atoms with van der Waals surface area (Å²) in [6, 6.07) is 6.15. The molecule has 2 aromatic rings. The first-order chi connectivity index (χ1) is 12.8. The van der Waals surface area contributed by atoms with E-state index in [2.05, 4.69) is 20.7 Å². The van der Waals surface area contributed by atoms with E-state index in [9.17, 15) is 5.26 Å². The van der Waals surface area contributed by atoms with Gasteiger partial charge in [0.15, 0.2) is 11.5 Å². The monoisotopic (exact) mass is 371 g/mol. The highest BCUT2D eigenvalue weighted by molar-refractivity contribution is 7.95. The average Bonchev–Trinajstić information content (AvgIpc) is 3.13. The van der Waals surface area contributed by atoms with Crippen molar-refractivity contribution >= 4 is 28.7 Å². The maximum Gasteiger partial charge on any atom is 0.231 e. The van der Waals surface area contributed by atoms with Crippen LogP contribution < -0.4 is 24.2 Å². The van der Waals surface area contributed by atoms with Gasteiger partial charge in [-0.1, -0.05) is 0 Å². The number of fused-ring (bicyclic) bond motifs is 2. The number of aromatic nitrogens is 1. The number of rotatable bonds is 5. The number of nitrogens with two attached hydrogens (primary N) is 1. The van der Waals surface area contributed by atoms with E-state index in [1.54, 1.807) is 6.20 Å². The second-order valence-electron chi connectivity index (χ2n) is 6.59. The molecular weight excluding hydrogens is 350 g/mol. The normalized spacial score (nSPS) is 16.8. The molecule has 0 aliphatic carbocycles. The molecule has 0 saturated carbocycles. The summed E-state index contributed by atoms with van der Waals surface area (Å²) >= 11 is 1.18. The summed E-state index contributed by atoms with van der Waals surface area (Å²) in [4.78, 5) is 6.75. The number of hydrogen-bond acceptors (Lipinski definition) is 8. The lowest BCUT2D eigenvalue weighted by atomic mass is 9.92. The highest BCUT2D eigenvalue weighted by atomic mass is 32.2. The maximum absolute atomic E-state index is 9.60. The summed E-state index contributed by atoms with van der Waals surface area (Å²) in [5.74, 6) is 2.12. The Morgan fingerprint density at radius 2 is 2.08 bits per heavy atom. The predicted octanol–water partition coefficient (Wildman–Crippen LogP) is 2.55. The zero-order valence-corrected chi connectivity index (χ0v) is 15.2. The molecule has 1 aromatic heterocycles. The minimum Gasteiger partial charge on any atom is -0.454 e. The fraction of sp³-hybridized carbons (Fsp3) is 0.444. The van der Waals surface area contributed by atoms with E-state index in [4.69, 9.17) is 14.6 Å². The van der Waals surface area contributed by atoms with Gasteiger partial charge >= 0.3 is 0 Å². The van der Waals surface area contributed by atoms with Gasteiger partial charge in [0.25, 0.3) is 0 Å². The summed E-state index contributed by atoms with van der Waals surface area (Å²) in [6.07, 6.45) is 5.00. The summed E-state index contributed by atoms with van der Waals surface area (Å²) in [7, 11) is 0. The van der Waals surface area contributed by atoms with Crippen molar-refractivity contribution < 1.29 is 9.47 Å². The van der Waals surface area contributed by atoms with E-state index < -0.39 is 0 Å². The number of ether oxygens (including phenoxy) is 2. The Balaban J connectivity index is 1.61. The van der Waals surface area contributed by atoms with Crippen LogP contribution in [0.5, 0.6) is 11.5 Å². The highest BCUT2D eigenvalue weighted by Gasteiger charge is 2.25. The zero-order chi connectivity index (χ0) is 17.9. The van der Waals surface area contributed by atoms with Crippen LogP contribution in [-0.2, 0) is 0 Å². The number of benzene rings is 1. The lowest BCUT2D eigenvalue weighted by Crippen LogP contribution is -2.35. The van der Waals surface area contributed by atoms with Gasteiger partial charge in [-0.2, -0.15) is 5.26 Å². The van der Waals surface area contributed by atoms with E-state index in [0.29, 0.717) is 17.2 Å². The van der Waals surface area contributed by atoms with Gasteiger partial charge in [-0.3, -0.25) is 14.8 Å². The van der Waals surface area contributed by atoms with Crippen molar-refractivity contribution in [3.05, 3.63) is 23.9 Å². The molecule has 3 N–H and O–H groups in total. The molecule has 0 atom stereocenters. The molecular formula is C18H21N5O2S. The molecule has 26 heavy (non-hydrogen) atoms. The number of nitrogens with zero attached hydrogens (tertiary/aromatic N) is 3. The number of anilines is 1. The minimum atomic E-state index is 0.229. The Morgan fingerprint density at radius 1 is 1.31 bits per heavy atom. The van der Waals surface area contributed by atoms with Gasteiger partial charge in [0.2, 0.25) is 6.79 Å². The third-order valence-electron chi connectivity index (χ3n) is 5.12. The molecule has 0 spiro atoms. The third-order valence-corrected chi connectivity index (χ3v) is 5.49. The molecule has 0 amide bonds. The quantitative estimate of drug-likeness (QED) is 0.611. The SMILES string of the molecule is N#Cc1cnc2cc3c(cc2c1N1CCC(CCNSN)CC1)OCO3. The number of nitriles is 1. The minimum absolute atomic E-state index is 0.229. The van der Waals surface area contributed by atoms with Crippen LogP contribution in [0, 0.1) is 17.2 Å². The van der Waals surface area contributed by atoms with Crippen LogP contribution >= 0.6 is 12.1 Å². The Hall–Kier alpha value is -2.21. The zero-order valence-electron chi connectivity index (χ0n) is 14.4. The molecule has 0 bridgehead atoms. The molecule has 136 valence electrons. The van der Waals surface area contributed by atoms with Crippen molar-refractivity contribution in [2.45, 2.75) is 19.3 Å². The van der Waals surface area contributed by atoms with Crippen molar-refractivity contribution in [1.29, 1.82) is 5.26 Å². The standard InChI is InChI=1S/C18H21N5O2S/c19-9-13-10-21-15-8-17-16(24-11-25-17)7-14(15)18(13)23-5-2-12(3-6-23)1-4-22-26-20/h7-8,10,12,22H,1-6,11,20H2. The Morgan fingerprint density at radius 3 is 2.81 bits per heavy atom. The van der Waals surface area contributed by atoms with E-state index in [1.165, 1.54) is 12.1 Å². The first-order valence-corrected chi connectivity index (χ1v) is 9.64. The van der Waals surface area contributed by atoms with E-state index in [-0.39, 0.29) is 6.79 Å². The second kappa shape index (κ2) is 7.58. The topological polar surface area (TPSA) is 96.4 Å². The predicted molar refractivity (Wildman–Crippen MR) is 102 cm³/mol. The van der Waals surface area contributed by atoms with E-state index in [1.807, 2.05) is 12.1 Å². The molecule has 2 aliphatic heterocycles. The number of hydrogen-bond donors (Lipinski definition) is 2. The fourth-order valence-corrected chi connectivity index (χ4v) is 3.99. The van der Waals surface area contributed by atoms with Crippen LogP contribution in [0.15, 0.2) is 18.3 Å². The van der Waals surface area contributed by atoms with Gasteiger partial charge in [-0.05, 0) is 31.2 Å². The largest absolute Gasteiger partial charge is 0.454 e. The van der Waals surface area contributed by atoms with Crippen molar-refractivity contribution in [1.82, 2.24) is 9.71 Å². The summed E-state index contributed by atoms with van der Waals surface area (Å²) in [5, 5.41) is 16.0. The summed E-state index contributed by atoms with van der Waals surface area (Å²) < 4.78 is 14.1. The van der Waals surface area contributed by atoms with Crippen molar-refractivity contribution in [2.75, 3.05) is 31.3 Å². The smallest absolute Gasteiger partial charge is 0.231 e. The van der Waals surface area contributed by atoms with Gasteiger partial charge in [0, 0.05) is 49.4 Å². The van der Waals surface area contributed by atoms with Crippen LogP contribution in [0.25, 0.3) is 10.9 Å². The lowest BCUT2D eigenvalue weighted by molar-refractivity contribution is 0.174. The molecule has 7 nitrogen and oxygen atoms in total. The molecule has 3 heterocycles. The van der Waals surface area contributed by atoms with Crippen molar-refractivity contribution in [3.63, 3.8) is 0 Å². The summed E-state index contributed by atoms with van der Waals surface area (Å²) in [5.41, 5.74) is 2.40. The Labute approximate surface area is 156 Å². The average molecular weight is 371 g/mol. The molecule has 2 aliphatic rings. The van der Waals surface area contributed by atoms with Gasteiger partial charge in [-0.25, -0.2) is 0 Å². The third kappa shape index (κ3) is 3.26. The first kappa shape index (κ1) is 17.2. The van der Waals surface area contributed by atoms with Crippen LogP contribution in [0.3, 0.4) is 0 Å². The van der Waals surface area contributed by atoms with Crippen LogP contribution in [0.2, 0.25) is 0 Å².